The van der Waals surface area contributed by atoms with E-state index in [9.17, 15) is 14.9 Å². The van der Waals surface area contributed by atoms with Gasteiger partial charge in [-0.05, 0) is 19.1 Å². The van der Waals surface area contributed by atoms with E-state index in [4.69, 9.17) is 16.1 Å². The predicted octanol–water partition coefficient (Wildman–Crippen LogP) is 2.51. The van der Waals surface area contributed by atoms with E-state index in [2.05, 4.69) is 5.16 Å². The summed E-state index contributed by atoms with van der Waals surface area (Å²) in [4.78, 5) is 26.6. The Balaban J connectivity index is 1.71. The molecule has 8 nitrogen and oxygen atoms in total. The number of amides is 1. The van der Waals surface area contributed by atoms with E-state index in [0.717, 1.165) is 0 Å². The fraction of sp³-hybridized carbons (Fsp3) is 0.333. The van der Waals surface area contributed by atoms with Crippen molar-refractivity contribution in [2.24, 2.45) is 0 Å². The average molecular weight is 351 g/mol. The number of aromatic nitrogens is 1. The van der Waals surface area contributed by atoms with E-state index in [1.807, 2.05) is 4.90 Å². The average Bonchev–Trinajstić information content (AvgIpc) is 3.01. The minimum Gasteiger partial charge on any atom is -0.362 e. The van der Waals surface area contributed by atoms with Crippen molar-refractivity contribution in [1.82, 2.24) is 10.1 Å². The maximum atomic E-state index is 12.3. The number of rotatable bonds is 3. The van der Waals surface area contributed by atoms with Crippen LogP contribution in [-0.2, 0) is 0 Å². The Hall–Kier alpha value is -2.61. The molecule has 0 atom stereocenters. The molecule has 0 saturated carbocycles. The number of hydrogen-bond donors (Lipinski definition) is 0. The van der Waals surface area contributed by atoms with Crippen LogP contribution in [0, 0.1) is 17.0 Å². The highest BCUT2D eigenvalue weighted by Gasteiger charge is 2.27. The quantitative estimate of drug-likeness (QED) is 0.623. The van der Waals surface area contributed by atoms with Gasteiger partial charge in [-0.25, -0.2) is 0 Å². The van der Waals surface area contributed by atoms with Crippen LogP contribution in [-0.4, -0.2) is 47.1 Å². The number of halogens is 1. The van der Waals surface area contributed by atoms with Crippen LogP contribution in [0.25, 0.3) is 0 Å². The number of carbonyl (C=O) groups is 1. The second-order valence-electron chi connectivity index (χ2n) is 5.50. The van der Waals surface area contributed by atoms with Gasteiger partial charge in [-0.3, -0.25) is 14.9 Å². The first-order valence-corrected chi connectivity index (χ1v) is 7.75. The molecular weight excluding hydrogens is 336 g/mol. The van der Waals surface area contributed by atoms with Gasteiger partial charge in [-0.1, -0.05) is 16.8 Å². The van der Waals surface area contributed by atoms with Crippen LogP contribution < -0.4 is 4.90 Å². The van der Waals surface area contributed by atoms with Crippen LogP contribution >= 0.6 is 11.6 Å². The Kier molecular flexibility index (Phi) is 4.39. The normalized spacial score (nSPS) is 14.8. The first-order chi connectivity index (χ1) is 11.5. The van der Waals surface area contributed by atoms with Crippen LogP contribution in [0.1, 0.15) is 16.2 Å². The molecule has 3 rings (SSSR count). The molecule has 1 amide bonds. The Morgan fingerprint density at radius 3 is 2.58 bits per heavy atom. The largest absolute Gasteiger partial charge is 0.362 e. The van der Waals surface area contributed by atoms with Gasteiger partial charge in [0.25, 0.3) is 11.6 Å². The zero-order valence-corrected chi connectivity index (χ0v) is 13.7. The Labute approximate surface area is 142 Å². The number of hydrogen-bond acceptors (Lipinski definition) is 6. The molecule has 0 unspecified atom stereocenters. The Bertz CT molecular complexity index is 784. The number of piperazine rings is 1. The van der Waals surface area contributed by atoms with E-state index in [1.54, 1.807) is 30.0 Å². The Morgan fingerprint density at radius 1 is 1.29 bits per heavy atom. The van der Waals surface area contributed by atoms with Crippen molar-refractivity contribution in [2.75, 3.05) is 31.1 Å². The molecule has 1 fully saturated rings. The smallest absolute Gasteiger partial charge is 0.294 e. The fourth-order valence-corrected chi connectivity index (χ4v) is 2.85. The fourth-order valence-electron chi connectivity index (χ4n) is 2.68. The van der Waals surface area contributed by atoms with Crippen LogP contribution in [0.3, 0.4) is 0 Å². The molecule has 24 heavy (non-hydrogen) atoms. The number of anilines is 1. The molecule has 2 heterocycles. The van der Waals surface area contributed by atoms with Gasteiger partial charge in [-0.15, -0.1) is 0 Å². The number of benzene rings is 1. The Morgan fingerprint density at radius 2 is 2.00 bits per heavy atom. The van der Waals surface area contributed by atoms with E-state index >= 15 is 0 Å². The molecule has 9 heteroatoms. The highest BCUT2D eigenvalue weighted by atomic mass is 35.5. The minimum atomic E-state index is -0.448. The maximum Gasteiger partial charge on any atom is 0.294 e. The lowest BCUT2D eigenvalue weighted by molar-refractivity contribution is -0.384. The highest BCUT2D eigenvalue weighted by Crippen LogP contribution is 2.31. The van der Waals surface area contributed by atoms with Gasteiger partial charge in [0.05, 0.1) is 10.6 Å². The zero-order chi connectivity index (χ0) is 17.3. The molecule has 0 N–H and O–H groups in total. The van der Waals surface area contributed by atoms with Crippen molar-refractivity contribution in [2.45, 2.75) is 6.92 Å². The summed E-state index contributed by atoms with van der Waals surface area (Å²) in [6, 6.07) is 6.20. The van der Waals surface area contributed by atoms with Crippen molar-refractivity contribution in [3.05, 3.63) is 50.9 Å². The van der Waals surface area contributed by atoms with Crippen LogP contribution in [0.4, 0.5) is 11.4 Å². The lowest BCUT2D eigenvalue weighted by Crippen LogP contribution is -2.48. The topological polar surface area (TPSA) is 92.7 Å². The number of nitrogens with zero attached hydrogens (tertiary/aromatic N) is 4. The van der Waals surface area contributed by atoms with E-state index in [1.165, 1.54) is 6.07 Å². The SMILES string of the molecule is Cc1cc(C(=O)N2CCN(c3ccc(Cl)cc3[N+](=O)[O-])CC2)on1. The number of nitro benzene ring substituents is 1. The lowest BCUT2D eigenvalue weighted by atomic mass is 10.2. The summed E-state index contributed by atoms with van der Waals surface area (Å²) < 4.78 is 5.00. The summed E-state index contributed by atoms with van der Waals surface area (Å²) in [5.74, 6) is -0.0146. The summed E-state index contributed by atoms with van der Waals surface area (Å²) in [6.45, 7) is 3.61. The molecule has 0 radical (unpaired) electrons. The van der Waals surface area contributed by atoms with Crippen LogP contribution in [0.2, 0.25) is 5.02 Å². The van der Waals surface area contributed by atoms with E-state index in [0.29, 0.717) is 42.6 Å². The summed E-state index contributed by atoms with van der Waals surface area (Å²) >= 11 is 5.84. The molecule has 2 aromatic rings. The number of aryl methyl sites for hydroxylation is 1. The summed E-state index contributed by atoms with van der Waals surface area (Å²) in [5.41, 5.74) is 1.12. The summed E-state index contributed by atoms with van der Waals surface area (Å²) in [7, 11) is 0. The second kappa shape index (κ2) is 6.48. The van der Waals surface area contributed by atoms with Crippen molar-refractivity contribution in [3.8, 4) is 0 Å². The van der Waals surface area contributed by atoms with Gasteiger partial charge in [0.2, 0.25) is 5.76 Å². The van der Waals surface area contributed by atoms with Crippen molar-refractivity contribution in [3.63, 3.8) is 0 Å². The standard InChI is InChI=1S/C15H15ClN4O4/c1-10-8-14(24-17-10)15(21)19-6-4-18(5-7-19)12-3-2-11(16)9-13(12)20(22)23/h2-3,8-9H,4-7H2,1H3. The molecule has 126 valence electrons. The van der Waals surface area contributed by atoms with Gasteiger partial charge in [0, 0.05) is 43.3 Å². The second-order valence-corrected chi connectivity index (χ2v) is 5.94. The minimum absolute atomic E-state index is 0.0341. The molecule has 1 aliphatic rings. The molecule has 0 bridgehead atoms. The zero-order valence-electron chi connectivity index (χ0n) is 12.9. The third kappa shape index (κ3) is 3.18. The monoisotopic (exact) mass is 350 g/mol. The maximum absolute atomic E-state index is 12.3. The molecule has 1 aromatic carbocycles. The number of carbonyl (C=O) groups excluding carboxylic acids is 1. The van der Waals surface area contributed by atoms with Crippen molar-refractivity contribution >= 4 is 28.9 Å². The lowest BCUT2D eigenvalue weighted by Gasteiger charge is -2.35. The van der Waals surface area contributed by atoms with Crippen molar-refractivity contribution < 1.29 is 14.2 Å². The third-order valence-corrected chi connectivity index (χ3v) is 4.12. The first kappa shape index (κ1) is 16.3. The van der Waals surface area contributed by atoms with Gasteiger partial charge in [0.15, 0.2) is 0 Å². The molecule has 1 aliphatic heterocycles. The van der Waals surface area contributed by atoms with E-state index < -0.39 is 4.92 Å². The molecular formula is C15H15ClN4O4. The third-order valence-electron chi connectivity index (χ3n) is 3.88. The van der Waals surface area contributed by atoms with Crippen LogP contribution in [0.15, 0.2) is 28.8 Å². The van der Waals surface area contributed by atoms with Gasteiger partial charge < -0.3 is 14.3 Å². The van der Waals surface area contributed by atoms with Gasteiger partial charge in [-0.2, -0.15) is 0 Å². The highest BCUT2D eigenvalue weighted by molar-refractivity contribution is 6.30. The first-order valence-electron chi connectivity index (χ1n) is 7.37. The molecule has 1 aromatic heterocycles. The van der Waals surface area contributed by atoms with Crippen LogP contribution in [0.5, 0.6) is 0 Å². The molecule has 0 aliphatic carbocycles. The van der Waals surface area contributed by atoms with Gasteiger partial charge >= 0.3 is 0 Å². The molecule has 1 saturated heterocycles. The number of nitro groups is 1. The summed E-state index contributed by atoms with van der Waals surface area (Å²) in [5, 5.41) is 15.2. The van der Waals surface area contributed by atoms with E-state index in [-0.39, 0.29) is 17.4 Å². The predicted molar refractivity (Wildman–Crippen MR) is 87.5 cm³/mol. The van der Waals surface area contributed by atoms with Crippen molar-refractivity contribution in [1.29, 1.82) is 0 Å². The molecule has 0 spiro atoms. The van der Waals surface area contributed by atoms with Gasteiger partial charge in [0.1, 0.15) is 5.69 Å². The summed E-state index contributed by atoms with van der Waals surface area (Å²) in [6.07, 6.45) is 0.